The highest BCUT2D eigenvalue weighted by Crippen LogP contribution is 2.30. The maximum atomic E-state index is 12.2. The van der Waals surface area contributed by atoms with E-state index in [1.807, 2.05) is 6.07 Å². The molecule has 3 rings (SSSR count). The zero-order chi connectivity index (χ0) is 20.3. The molecule has 2 aromatic carbocycles. The Hall–Kier alpha value is -2.70. The number of carbonyl (C=O) groups is 2. The van der Waals surface area contributed by atoms with Crippen molar-refractivity contribution in [2.75, 3.05) is 13.7 Å². The van der Waals surface area contributed by atoms with E-state index in [0.717, 1.165) is 10.5 Å². The Bertz CT molecular complexity index is 959. The lowest BCUT2D eigenvalue weighted by Crippen LogP contribution is -2.30. The van der Waals surface area contributed by atoms with Crippen molar-refractivity contribution in [1.29, 1.82) is 0 Å². The molecule has 6 nitrogen and oxygen atoms in total. The summed E-state index contributed by atoms with van der Waals surface area (Å²) in [7, 11) is 1.53. The number of ether oxygens (including phenoxy) is 2. The van der Waals surface area contributed by atoms with E-state index in [-0.39, 0.29) is 18.2 Å². The first-order valence-electron chi connectivity index (χ1n) is 8.52. The van der Waals surface area contributed by atoms with Gasteiger partial charge in [0, 0.05) is 6.54 Å². The van der Waals surface area contributed by atoms with E-state index in [0.29, 0.717) is 33.7 Å². The number of nitrogens with zero attached hydrogens (tertiary/aromatic N) is 1. The van der Waals surface area contributed by atoms with E-state index in [1.54, 1.807) is 43.3 Å². The second-order valence-corrected chi connectivity index (χ2v) is 6.80. The molecule has 0 aliphatic carbocycles. The Morgan fingerprint density at radius 1 is 1.07 bits per heavy atom. The van der Waals surface area contributed by atoms with Crippen LogP contribution in [0, 0.1) is 0 Å². The highest BCUT2D eigenvalue weighted by atomic mass is 35.5. The summed E-state index contributed by atoms with van der Waals surface area (Å²) in [6.45, 7) is 2.34. The smallest absolute Gasteiger partial charge is 0.328 e. The van der Waals surface area contributed by atoms with Crippen molar-refractivity contribution >= 4 is 41.2 Å². The zero-order valence-corrected chi connectivity index (χ0v) is 16.8. The van der Waals surface area contributed by atoms with Crippen molar-refractivity contribution < 1.29 is 19.1 Å². The number of halogens is 2. The van der Waals surface area contributed by atoms with Gasteiger partial charge in [-0.05, 0) is 48.4 Å². The fraction of sp³-hybridized carbons (Fsp3) is 0.200. The van der Waals surface area contributed by atoms with Crippen LogP contribution in [0.5, 0.6) is 11.5 Å². The second-order valence-electron chi connectivity index (χ2n) is 5.99. The minimum atomic E-state index is -0.424. The van der Waals surface area contributed by atoms with Crippen LogP contribution in [0.25, 0.3) is 6.08 Å². The number of likely N-dealkylation sites (N-methyl/N-ethyl adjacent to an activating group) is 1. The van der Waals surface area contributed by atoms with Gasteiger partial charge < -0.3 is 14.8 Å². The highest BCUT2D eigenvalue weighted by Gasteiger charge is 2.32. The van der Waals surface area contributed by atoms with Crippen LogP contribution in [-0.2, 0) is 11.4 Å². The van der Waals surface area contributed by atoms with Crippen LogP contribution in [0.15, 0.2) is 42.1 Å². The molecule has 1 fully saturated rings. The van der Waals surface area contributed by atoms with Crippen LogP contribution in [0.3, 0.4) is 0 Å². The van der Waals surface area contributed by atoms with Crippen LogP contribution < -0.4 is 14.8 Å². The predicted molar refractivity (Wildman–Crippen MR) is 108 cm³/mol. The molecule has 1 aliphatic rings. The van der Waals surface area contributed by atoms with Crippen molar-refractivity contribution in [2.24, 2.45) is 0 Å². The summed E-state index contributed by atoms with van der Waals surface area (Å²) in [5.41, 5.74) is 1.78. The maximum Gasteiger partial charge on any atom is 0.328 e. The van der Waals surface area contributed by atoms with E-state index in [9.17, 15) is 9.59 Å². The predicted octanol–water partition coefficient (Wildman–Crippen LogP) is 4.49. The Labute approximate surface area is 172 Å². The van der Waals surface area contributed by atoms with Crippen molar-refractivity contribution in [3.8, 4) is 11.5 Å². The van der Waals surface area contributed by atoms with Gasteiger partial charge in [0.15, 0.2) is 11.5 Å². The van der Waals surface area contributed by atoms with Crippen LogP contribution in [0.1, 0.15) is 18.1 Å². The Kier molecular flexibility index (Phi) is 6.11. The third-order valence-corrected chi connectivity index (χ3v) is 4.89. The lowest BCUT2D eigenvalue weighted by atomic mass is 10.1. The molecule has 0 aromatic heterocycles. The first-order valence-corrected chi connectivity index (χ1v) is 9.27. The quantitative estimate of drug-likeness (QED) is 0.551. The topological polar surface area (TPSA) is 67.9 Å². The number of urea groups is 1. The summed E-state index contributed by atoms with van der Waals surface area (Å²) in [5.74, 6) is 0.678. The van der Waals surface area contributed by atoms with Gasteiger partial charge in [-0.1, -0.05) is 35.3 Å². The van der Waals surface area contributed by atoms with Gasteiger partial charge in [0.05, 0.1) is 17.2 Å². The molecule has 1 saturated heterocycles. The summed E-state index contributed by atoms with van der Waals surface area (Å²) < 4.78 is 11.2. The molecule has 146 valence electrons. The minimum Gasteiger partial charge on any atom is -0.493 e. The van der Waals surface area contributed by atoms with E-state index in [2.05, 4.69) is 5.32 Å². The standard InChI is InChI=1S/C20H18Cl2N2O4/c1-3-24-19(25)16(23-20(24)26)9-12-5-7-17(18(10-12)27-2)28-11-13-4-6-14(21)15(22)8-13/h4-10H,3,11H2,1-2H3,(H,23,26)/b16-9+. The van der Waals surface area contributed by atoms with E-state index >= 15 is 0 Å². The molecule has 0 bridgehead atoms. The Balaban J connectivity index is 1.77. The molecule has 0 radical (unpaired) electrons. The Morgan fingerprint density at radius 2 is 1.86 bits per heavy atom. The van der Waals surface area contributed by atoms with Crippen LogP contribution in [-0.4, -0.2) is 30.5 Å². The largest absolute Gasteiger partial charge is 0.493 e. The van der Waals surface area contributed by atoms with Gasteiger partial charge in [0.2, 0.25) is 0 Å². The molecule has 1 aliphatic heterocycles. The zero-order valence-electron chi connectivity index (χ0n) is 15.3. The summed E-state index contributed by atoms with van der Waals surface area (Å²) in [4.78, 5) is 25.1. The number of carbonyl (C=O) groups excluding carboxylic acids is 2. The second kappa shape index (κ2) is 8.54. The summed E-state index contributed by atoms with van der Waals surface area (Å²) in [5, 5.41) is 3.51. The number of hydrogen-bond donors (Lipinski definition) is 1. The van der Waals surface area contributed by atoms with Crippen molar-refractivity contribution in [1.82, 2.24) is 10.2 Å². The summed E-state index contributed by atoms with van der Waals surface area (Å²) in [6, 6.07) is 10.1. The number of rotatable bonds is 6. The average Bonchev–Trinajstić information content (AvgIpc) is 2.95. The molecule has 1 heterocycles. The number of hydrogen-bond acceptors (Lipinski definition) is 4. The fourth-order valence-corrected chi connectivity index (χ4v) is 3.03. The molecule has 0 unspecified atom stereocenters. The molecule has 1 N–H and O–H groups in total. The van der Waals surface area contributed by atoms with Gasteiger partial charge in [0.1, 0.15) is 12.3 Å². The molecular weight excluding hydrogens is 403 g/mol. The van der Waals surface area contributed by atoms with E-state index in [4.69, 9.17) is 32.7 Å². The van der Waals surface area contributed by atoms with Crippen molar-refractivity contribution in [3.05, 3.63) is 63.3 Å². The van der Waals surface area contributed by atoms with Crippen LogP contribution >= 0.6 is 23.2 Å². The first-order chi connectivity index (χ1) is 13.4. The van der Waals surface area contributed by atoms with Crippen LogP contribution in [0.4, 0.5) is 4.79 Å². The molecule has 28 heavy (non-hydrogen) atoms. The number of methoxy groups -OCH3 is 1. The Morgan fingerprint density at radius 3 is 2.50 bits per heavy atom. The SMILES string of the molecule is CCN1C(=O)N/C(=C/c2ccc(OCc3ccc(Cl)c(Cl)c3)c(OC)c2)C1=O. The lowest BCUT2D eigenvalue weighted by molar-refractivity contribution is -0.122. The van der Waals surface area contributed by atoms with E-state index in [1.165, 1.54) is 7.11 Å². The summed E-state index contributed by atoms with van der Waals surface area (Å²) >= 11 is 11.9. The van der Waals surface area contributed by atoms with Crippen molar-refractivity contribution in [3.63, 3.8) is 0 Å². The van der Waals surface area contributed by atoms with Gasteiger partial charge in [-0.15, -0.1) is 0 Å². The van der Waals surface area contributed by atoms with Gasteiger partial charge in [-0.25, -0.2) is 4.79 Å². The van der Waals surface area contributed by atoms with E-state index < -0.39 is 6.03 Å². The van der Waals surface area contributed by atoms with Gasteiger partial charge in [-0.2, -0.15) is 0 Å². The third kappa shape index (κ3) is 4.24. The maximum absolute atomic E-state index is 12.2. The first kappa shape index (κ1) is 20.0. The lowest BCUT2D eigenvalue weighted by Gasteiger charge is -2.12. The van der Waals surface area contributed by atoms with Gasteiger partial charge in [-0.3, -0.25) is 9.69 Å². The number of amides is 3. The summed E-state index contributed by atoms with van der Waals surface area (Å²) in [6.07, 6.45) is 1.60. The molecular formula is C20H18Cl2N2O4. The number of imide groups is 1. The monoisotopic (exact) mass is 420 g/mol. The number of nitrogens with one attached hydrogen (secondary N) is 1. The molecule has 0 saturated carbocycles. The fourth-order valence-electron chi connectivity index (χ4n) is 2.71. The van der Waals surface area contributed by atoms with Crippen molar-refractivity contribution in [2.45, 2.75) is 13.5 Å². The molecule has 2 aromatic rings. The number of benzene rings is 2. The van der Waals surface area contributed by atoms with Crippen LogP contribution in [0.2, 0.25) is 10.0 Å². The molecule has 3 amide bonds. The molecule has 8 heteroatoms. The normalized spacial score (nSPS) is 15.1. The molecule has 0 atom stereocenters. The van der Waals surface area contributed by atoms with Gasteiger partial charge >= 0.3 is 6.03 Å². The van der Waals surface area contributed by atoms with Gasteiger partial charge in [0.25, 0.3) is 5.91 Å². The minimum absolute atomic E-state index is 0.221. The molecule has 0 spiro atoms. The third-order valence-electron chi connectivity index (χ3n) is 4.16. The highest BCUT2D eigenvalue weighted by molar-refractivity contribution is 6.42. The average molecular weight is 421 g/mol.